The van der Waals surface area contributed by atoms with Crippen LogP contribution in [0.25, 0.3) is 0 Å². The molecule has 0 saturated carbocycles. The number of benzene rings is 2. The average Bonchev–Trinajstić information content (AvgIpc) is 2.43. The van der Waals surface area contributed by atoms with Gasteiger partial charge in [0.1, 0.15) is 11.9 Å². The molecule has 0 fully saturated rings. The van der Waals surface area contributed by atoms with Crippen LogP contribution in [-0.2, 0) is 0 Å². The SMILES string of the molecule is Cc1cc(C(O)c2ccc(OC(C)C)cc2)cc(C)c1Br. The van der Waals surface area contributed by atoms with Crippen molar-refractivity contribution in [2.75, 3.05) is 0 Å². The zero-order chi connectivity index (χ0) is 15.6. The third-order valence-corrected chi connectivity index (χ3v) is 4.59. The van der Waals surface area contributed by atoms with Crippen LogP contribution in [0.3, 0.4) is 0 Å². The van der Waals surface area contributed by atoms with Crippen molar-refractivity contribution in [3.63, 3.8) is 0 Å². The van der Waals surface area contributed by atoms with E-state index in [0.717, 1.165) is 32.5 Å². The maximum atomic E-state index is 10.5. The first-order chi connectivity index (χ1) is 9.88. The van der Waals surface area contributed by atoms with E-state index in [1.54, 1.807) is 0 Å². The number of ether oxygens (including phenoxy) is 1. The Morgan fingerprint density at radius 3 is 1.95 bits per heavy atom. The van der Waals surface area contributed by atoms with E-state index in [-0.39, 0.29) is 6.10 Å². The van der Waals surface area contributed by atoms with Gasteiger partial charge in [-0.25, -0.2) is 0 Å². The van der Waals surface area contributed by atoms with Crippen LogP contribution in [0.2, 0.25) is 0 Å². The summed E-state index contributed by atoms with van der Waals surface area (Å²) < 4.78 is 6.72. The van der Waals surface area contributed by atoms with E-state index in [1.807, 2.05) is 64.1 Å². The second kappa shape index (κ2) is 6.63. The number of aryl methyl sites for hydroxylation is 2. The molecule has 2 nitrogen and oxygen atoms in total. The highest BCUT2D eigenvalue weighted by Gasteiger charge is 2.13. The van der Waals surface area contributed by atoms with Gasteiger partial charge in [0, 0.05) is 4.47 Å². The number of hydrogen-bond donors (Lipinski definition) is 1. The molecule has 0 aliphatic heterocycles. The van der Waals surface area contributed by atoms with Gasteiger partial charge in [-0.1, -0.05) is 40.2 Å². The summed E-state index contributed by atoms with van der Waals surface area (Å²) >= 11 is 3.55. The van der Waals surface area contributed by atoms with Crippen LogP contribution in [-0.4, -0.2) is 11.2 Å². The molecule has 0 spiro atoms. The monoisotopic (exact) mass is 348 g/mol. The number of aliphatic hydroxyl groups is 1. The zero-order valence-corrected chi connectivity index (χ0v) is 14.4. The van der Waals surface area contributed by atoms with Crippen molar-refractivity contribution >= 4 is 15.9 Å². The summed E-state index contributed by atoms with van der Waals surface area (Å²) in [4.78, 5) is 0. The fourth-order valence-electron chi connectivity index (χ4n) is 2.33. The predicted octanol–water partition coefficient (Wildman–Crippen LogP) is 4.93. The minimum absolute atomic E-state index is 0.151. The van der Waals surface area contributed by atoms with E-state index in [1.165, 1.54) is 0 Å². The predicted molar refractivity (Wildman–Crippen MR) is 89.9 cm³/mol. The molecule has 1 unspecified atom stereocenters. The Morgan fingerprint density at radius 1 is 0.952 bits per heavy atom. The number of hydrogen-bond acceptors (Lipinski definition) is 2. The lowest BCUT2D eigenvalue weighted by Gasteiger charge is -2.16. The van der Waals surface area contributed by atoms with E-state index in [9.17, 15) is 5.11 Å². The maximum absolute atomic E-state index is 10.5. The summed E-state index contributed by atoms with van der Waals surface area (Å²) in [5.41, 5.74) is 4.03. The van der Waals surface area contributed by atoms with Gasteiger partial charge in [-0.3, -0.25) is 0 Å². The molecule has 1 atom stereocenters. The molecule has 21 heavy (non-hydrogen) atoms. The second-order valence-corrected chi connectivity index (χ2v) is 6.40. The lowest BCUT2D eigenvalue weighted by Crippen LogP contribution is -2.06. The summed E-state index contributed by atoms with van der Waals surface area (Å²) in [7, 11) is 0. The molecule has 2 aromatic rings. The molecule has 112 valence electrons. The first kappa shape index (κ1) is 16.1. The van der Waals surface area contributed by atoms with Crippen LogP contribution in [0.15, 0.2) is 40.9 Å². The van der Waals surface area contributed by atoms with Crippen molar-refractivity contribution in [3.8, 4) is 5.75 Å². The number of halogens is 1. The Kier molecular flexibility index (Phi) is 5.07. The highest BCUT2D eigenvalue weighted by Crippen LogP contribution is 2.29. The van der Waals surface area contributed by atoms with Crippen molar-refractivity contribution in [3.05, 3.63) is 63.1 Å². The summed E-state index contributed by atoms with van der Waals surface area (Å²) in [5, 5.41) is 10.5. The fraction of sp³-hybridized carbons (Fsp3) is 0.333. The molecular weight excluding hydrogens is 328 g/mol. The first-order valence-electron chi connectivity index (χ1n) is 7.10. The van der Waals surface area contributed by atoms with Crippen LogP contribution in [0, 0.1) is 13.8 Å². The topological polar surface area (TPSA) is 29.5 Å². The van der Waals surface area contributed by atoms with Crippen molar-refractivity contribution in [2.24, 2.45) is 0 Å². The minimum atomic E-state index is -0.622. The lowest BCUT2D eigenvalue weighted by atomic mass is 9.98. The largest absolute Gasteiger partial charge is 0.491 e. The summed E-state index contributed by atoms with van der Waals surface area (Å²) in [6, 6.07) is 11.7. The Hall–Kier alpha value is -1.32. The van der Waals surface area contributed by atoms with Crippen molar-refractivity contribution in [2.45, 2.75) is 39.9 Å². The van der Waals surface area contributed by atoms with Gasteiger partial charge in [0.15, 0.2) is 0 Å². The third-order valence-electron chi connectivity index (χ3n) is 3.34. The van der Waals surface area contributed by atoms with Gasteiger partial charge in [-0.2, -0.15) is 0 Å². The van der Waals surface area contributed by atoms with Gasteiger partial charge in [0.2, 0.25) is 0 Å². The molecule has 0 heterocycles. The maximum Gasteiger partial charge on any atom is 0.119 e. The molecule has 1 N–H and O–H groups in total. The standard InChI is InChI=1S/C18H21BrO2/c1-11(2)21-16-7-5-14(6-8-16)18(20)15-9-12(3)17(19)13(4)10-15/h5-11,18,20H,1-4H3. The third kappa shape index (κ3) is 3.86. The molecule has 0 radical (unpaired) electrons. The van der Waals surface area contributed by atoms with E-state index in [4.69, 9.17) is 4.74 Å². The van der Waals surface area contributed by atoms with Crippen LogP contribution in [0.1, 0.15) is 42.2 Å². The van der Waals surface area contributed by atoms with E-state index in [0.29, 0.717) is 0 Å². The van der Waals surface area contributed by atoms with E-state index < -0.39 is 6.10 Å². The molecule has 0 aromatic heterocycles. The second-order valence-electron chi connectivity index (χ2n) is 5.61. The van der Waals surface area contributed by atoms with Crippen molar-refractivity contribution in [1.29, 1.82) is 0 Å². The molecule has 3 heteroatoms. The van der Waals surface area contributed by atoms with Gasteiger partial charge in [-0.05, 0) is 62.1 Å². The van der Waals surface area contributed by atoms with Crippen molar-refractivity contribution in [1.82, 2.24) is 0 Å². The fourth-order valence-corrected chi connectivity index (χ4v) is 2.56. The van der Waals surface area contributed by atoms with Gasteiger partial charge in [0.25, 0.3) is 0 Å². The molecule has 0 amide bonds. The van der Waals surface area contributed by atoms with Gasteiger partial charge < -0.3 is 9.84 Å². The minimum Gasteiger partial charge on any atom is -0.491 e. The zero-order valence-electron chi connectivity index (χ0n) is 12.9. The molecular formula is C18H21BrO2. The van der Waals surface area contributed by atoms with Gasteiger partial charge in [-0.15, -0.1) is 0 Å². The molecule has 0 saturated heterocycles. The summed E-state index contributed by atoms with van der Waals surface area (Å²) in [6.07, 6.45) is -0.471. The van der Waals surface area contributed by atoms with Crippen molar-refractivity contribution < 1.29 is 9.84 Å². The number of rotatable bonds is 4. The smallest absolute Gasteiger partial charge is 0.119 e. The molecule has 0 aliphatic rings. The normalized spacial score (nSPS) is 12.5. The van der Waals surface area contributed by atoms with Gasteiger partial charge in [0.05, 0.1) is 6.10 Å². The summed E-state index contributed by atoms with van der Waals surface area (Å²) in [6.45, 7) is 8.06. The first-order valence-corrected chi connectivity index (χ1v) is 7.89. The quantitative estimate of drug-likeness (QED) is 0.848. The molecule has 0 aliphatic carbocycles. The van der Waals surface area contributed by atoms with Crippen LogP contribution in [0.5, 0.6) is 5.75 Å². The Morgan fingerprint density at radius 2 is 1.48 bits per heavy atom. The highest BCUT2D eigenvalue weighted by molar-refractivity contribution is 9.10. The Labute approximate surface area is 134 Å². The Bertz CT molecular complexity index is 595. The number of aliphatic hydroxyl groups excluding tert-OH is 1. The highest BCUT2D eigenvalue weighted by atomic mass is 79.9. The molecule has 0 bridgehead atoms. The van der Waals surface area contributed by atoms with E-state index in [2.05, 4.69) is 15.9 Å². The van der Waals surface area contributed by atoms with Crippen LogP contribution >= 0.6 is 15.9 Å². The lowest BCUT2D eigenvalue weighted by molar-refractivity contribution is 0.219. The summed E-state index contributed by atoms with van der Waals surface area (Å²) in [5.74, 6) is 0.823. The molecule has 2 aromatic carbocycles. The van der Waals surface area contributed by atoms with Crippen LogP contribution < -0.4 is 4.74 Å². The van der Waals surface area contributed by atoms with E-state index >= 15 is 0 Å². The average molecular weight is 349 g/mol. The van der Waals surface area contributed by atoms with Gasteiger partial charge >= 0.3 is 0 Å². The molecule has 2 rings (SSSR count). The van der Waals surface area contributed by atoms with Crippen LogP contribution in [0.4, 0.5) is 0 Å². The Balaban J connectivity index is 2.25.